The largest absolute Gasteiger partial charge is 0.393 e. The highest BCUT2D eigenvalue weighted by atomic mass is 16.3. The molecule has 1 aliphatic carbocycles. The number of piperidine rings is 1. The third-order valence-corrected chi connectivity index (χ3v) is 7.50. The normalized spacial score (nSPS) is 24.9. The fourth-order valence-electron chi connectivity index (χ4n) is 5.28. The molecule has 0 spiro atoms. The van der Waals surface area contributed by atoms with Crippen molar-refractivity contribution >= 4 is 28.6 Å². The molecule has 0 bridgehead atoms. The highest BCUT2D eigenvalue weighted by Crippen LogP contribution is 2.37. The summed E-state index contributed by atoms with van der Waals surface area (Å²) in [6, 6.07) is 4.54. The van der Waals surface area contributed by atoms with Gasteiger partial charge >= 0.3 is 6.03 Å². The van der Waals surface area contributed by atoms with Gasteiger partial charge in [0.05, 0.1) is 30.2 Å². The predicted molar refractivity (Wildman–Crippen MR) is 136 cm³/mol. The van der Waals surface area contributed by atoms with Crippen LogP contribution in [0.3, 0.4) is 0 Å². The molecular weight excluding hydrogens is 444 g/mol. The van der Waals surface area contributed by atoms with E-state index in [1.54, 1.807) is 6.20 Å². The fraction of sp³-hybridized carbons (Fsp3) is 0.600. The van der Waals surface area contributed by atoms with Crippen LogP contribution < -0.4 is 10.2 Å². The van der Waals surface area contributed by atoms with Crippen LogP contribution in [0.4, 0.5) is 16.3 Å². The summed E-state index contributed by atoms with van der Waals surface area (Å²) in [4.78, 5) is 21.8. The number of amides is 2. The number of carbonyl (C=O) groups is 1. The minimum Gasteiger partial charge on any atom is -0.393 e. The molecular formula is C25H36N8O2. The van der Waals surface area contributed by atoms with Crippen molar-refractivity contribution in [3.8, 4) is 0 Å². The zero-order valence-electron chi connectivity index (χ0n) is 21.2. The maximum Gasteiger partial charge on any atom is 0.323 e. The Kier molecular flexibility index (Phi) is 5.94. The van der Waals surface area contributed by atoms with Crippen LogP contribution in [-0.2, 0) is 5.41 Å². The van der Waals surface area contributed by atoms with E-state index in [9.17, 15) is 9.90 Å². The fourth-order valence-corrected chi connectivity index (χ4v) is 5.28. The summed E-state index contributed by atoms with van der Waals surface area (Å²) in [5, 5.41) is 25.5. The zero-order valence-corrected chi connectivity index (χ0v) is 21.2. The van der Waals surface area contributed by atoms with Crippen molar-refractivity contribution in [2.24, 2.45) is 0 Å². The summed E-state index contributed by atoms with van der Waals surface area (Å²) in [5.74, 6) is 0.568. The van der Waals surface area contributed by atoms with E-state index in [0.717, 1.165) is 41.8 Å². The zero-order chi connectivity index (χ0) is 24.9. The number of fused-ring (bicyclic) bond motifs is 1. The van der Waals surface area contributed by atoms with Crippen molar-refractivity contribution in [3.63, 3.8) is 0 Å². The Morgan fingerprint density at radius 2 is 2.00 bits per heavy atom. The van der Waals surface area contributed by atoms with Gasteiger partial charge in [0.15, 0.2) is 11.5 Å². The van der Waals surface area contributed by atoms with E-state index in [1.807, 2.05) is 28.9 Å². The number of nitrogens with zero attached hydrogens (tertiary/aromatic N) is 6. The van der Waals surface area contributed by atoms with Gasteiger partial charge in [-0.05, 0) is 38.7 Å². The molecule has 1 saturated heterocycles. The van der Waals surface area contributed by atoms with Gasteiger partial charge in [-0.1, -0.05) is 20.8 Å². The number of aliphatic hydroxyl groups is 1. The van der Waals surface area contributed by atoms with E-state index in [-0.39, 0.29) is 35.7 Å². The van der Waals surface area contributed by atoms with Crippen molar-refractivity contribution < 1.29 is 9.90 Å². The average Bonchev–Trinajstić information content (AvgIpc) is 3.42. The molecule has 2 atom stereocenters. The van der Waals surface area contributed by atoms with Crippen LogP contribution in [0.5, 0.6) is 0 Å². The molecule has 4 heterocycles. The maximum atomic E-state index is 13.2. The Morgan fingerprint density at radius 1 is 1.23 bits per heavy atom. The number of hydrogen-bond acceptors (Lipinski definition) is 6. The maximum absolute atomic E-state index is 13.2. The third-order valence-electron chi connectivity index (χ3n) is 7.50. The quantitative estimate of drug-likeness (QED) is 0.525. The Balaban J connectivity index is 1.24. The smallest absolute Gasteiger partial charge is 0.323 e. The van der Waals surface area contributed by atoms with Gasteiger partial charge < -0.3 is 14.9 Å². The first kappa shape index (κ1) is 23.6. The monoisotopic (exact) mass is 480 g/mol. The number of aromatic amines is 1. The molecule has 0 radical (unpaired) electrons. The molecule has 10 nitrogen and oxygen atoms in total. The molecule has 3 N–H and O–H groups in total. The number of hydrogen-bond donors (Lipinski definition) is 3. The Hall–Kier alpha value is -3.14. The minimum absolute atomic E-state index is 0.112. The molecule has 1 aliphatic heterocycles. The molecule has 188 valence electrons. The molecule has 35 heavy (non-hydrogen) atoms. The number of urea groups is 1. The highest BCUT2D eigenvalue weighted by molar-refractivity contribution is 5.88. The molecule has 0 aromatic carbocycles. The van der Waals surface area contributed by atoms with Gasteiger partial charge in [-0.3, -0.25) is 15.1 Å². The van der Waals surface area contributed by atoms with Crippen LogP contribution in [0.1, 0.15) is 65.1 Å². The summed E-state index contributed by atoms with van der Waals surface area (Å²) >= 11 is 0. The van der Waals surface area contributed by atoms with Crippen molar-refractivity contribution in [1.29, 1.82) is 0 Å². The number of nitrogens with one attached hydrogen (secondary N) is 2. The molecule has 2 aliphatic rings. The van der Waals surface area contributed by atoms with E-state index in [1.165, 1.54) is 0 Å². The number of anilines is 2. The summed E-state index contributed by atoms with van der Waals surface area (Å²) < 4.78 is 1.99. The Morgan fingerprint density at radius 3 is 2.69 bits per heavy atom. The summed E-state index contributed by atoms with van der Waals surface area (Å²) in [7, 11) is 1.87. The second-order valence-corrected chi connectivity index (χ2v) is 11.2. The molecule has 2 fully saturated rings. The SMILES string of the molecule is CC1CC(N(C)C(=O)Nc2cc(C(C)(C)C)n(C3CC(O)C3)n2)CCN1c1cnc2[nH]ncc2c1. The van der Waals surface area contributed by atoms with Crippen molar-refractivity contribution in [1.82, 2.24) is 29.9 Å². The van der Waals surface area contributed by atoms with Gasteiger partial charge in [0.25, 0.3) is 0 Å². The first-order valence-electron chi connectivity index (χ1n) is 12.5. The number of H-pyrrole nitrogens is 1. The lowest BCUT2D eigenvalue weighted by Gasteiger charge is -2.42. The van der Waals surface area contributed by atoms with Gasteiger partial charge in [-0.15, -0.1) is 0 Å². The topological polar surface area (TPSA) is 115 Å². The van der Waals surface area contributed by atoms with Crippen LogP contribution in [0, 0.1) is 0 Å². The van der Waals surface area contributed by atoms with E-state index in [4.69, 9.17) is 5.10 Å². The summed E-state index contributed by atoms with van der Waals surface area (Å²) in [5.41, 5.74) is 2.83. The Labute approximate surface area is 205 Å². The standard InChI is InChI=1S/C25H36N8O2/c1-15-8-17(6-7-32(15)19-9-16-13-27-29-23(16)26-14-19)31(5)24(35)28-22-12-21(25(2,3)4)33(30-22)18-10-20(34)11-18/h9,12-15,17-18,20,34H,6-8,10-11H2,1-5H3,(H,26,27,29)(H,28,30,35). The van der Waals surface area contributed by atoms with E-state index in [0.29, 0.717) is 18.7 Å². The number of aliphatic hydroxyl groups excluding tert-OH is 1. The average molecular weight is 481 g/mol. The van der Waals surface area contributed by atoms with Crippen molar-refractivity contribution in [2.45, 2.75) is 83.0 Å². The predicted octanol–water partition coefficient (Wildman–Crippen LogP) is 3.67. The lowest BCUT2D eigenvalue weighted by molar-refractivity contribution is 0.0411. The number of aromatic nitrogens is 5. The van der Waals surface area contributed by atoms with E-state index >= 15 is 0 Å². The number of carbonyl (C=O) groups excluding carboxylic acids is 1. The third kappa shape index (κ3) is 4.59. The van der Waals surface area contributed by atoms with E-state index < -0.39 is 0 Å². The van der Waals surface area contributed by atoms with Gasteiger partial charge in [-0.2, -0.15) is 10.2 Å². The highest BCUT2D eigenvalue weighted by Gasteiger charge is 2.35. The summed E-state index contributed by atoms with van der Waals surface area (Å²) in [6.45, 7) is 9.47. The van der Waals surface area contributed by atoms with Gasteiger partial charge in [0.1, 0.15) is 0 Å². The van der Waals surface area contributed by atoms with Crippen molar-refractivity contribution in [2.75, 3.05) is 23.8 Å². The molecule has 2 unspecified atom stereocenters. The minimum atomic E-state index is -0.258. The second-order valence-electron chi connectivity index (χ2n) is 11.2. The Bertz CT molecular complexity index is 1210. The first-order chi connectivity index (χ1) is 16.6. The number of rotatable bonds is 4. The van der Waals surface area contributed by atoms with Crippen LogP contribution in [0.15, 0.2) is 24.5 Å². The van der Waals surface area contributed by atoms with Crippen LogP contribution in [-0.4, -0.2) is 72.8 Å². The number of pyridine rings is 1. The lowest BCUT2D eigenvalue weighted by atomic mass is 9.87. The summed E-state index contributed by atoms with van der Waals surface area (Å²) in [6.07, 6.45) is 6.58. The second kappa shape index (κ2) is 8.82. The molecule has 5 rings (SSSR count). The van der Waals surface area contributed by atoms with Crippen LogP contribution in [0.2, 0.25) is 0 Å². The lowest BCUT2D eigenvalue weighted by Crippen LogP contribution is -2.50. The van der Waals surface area contributed by atoms with Gasteiger partial charge in [0, 0.05) is 48.2 Å². The molecule has 10 heteroatoms. The van der Waals surface area contributed by atoms with E-state index in [2.05, 4.69) is 59.2 Å². The first-order valence-corrected chi connectivity index (χ1v) is 12.5. The van der Waals surface area contributed by atoms with Crippen LogP contribution in [0.25, 0.3) is 11.0 Å². The molecule has 3 aromatic heterocycles. The van der Waals surface area contributed by atoms with Crippen LogP contribution >= 0.6 is 0 Å². The molecule has 2 amide bonds. The van der Waals surface area contributed by atoms with Gasteiger partial charge in [-0.25, -0.2) is 9.78 Å². The van der Waals surface area contributed by atoms with Gasteiger partial charge in [0.2, 0.25) is 0 Å². The molecule has 1 saturated carbocycles. The molecule has 3 aromatic rings. The van der Waals surface area contributed by atoms with Crippen molar-refractivity contribution in [3.05, 3.63) is 30.2 Å².